The number of pyridine rings is 1. The van der Waals surface area contributed by atoms with Crippen LogP contribution in [0.4, 0.5) is 10.5 Å². The number of anilines is 1. The lowest BCUT2D eigenvalue weighted by atomic mass is 9.85. The lowest BCUT2D eigenvalue weighted by molar-refractivity contribution is 0.169. The maximum Gasteiger partial charge on any atom is 0.320 e. The number of nitrogens with one attached hydrogen (secondary N) is 6. The molecule has 0 spiro atoms. The Balaban J connectivity index is 1.29. The number of hydrogen-bond acceptors (Lipinski definition) is 8. The molecule has 0 saturated carbocycles. The highest BCUT2D eigenvalue weighted by Gasteiger charge is 2.31. The van der Waals surface area contributed by atoms with Gasteiger partial charge in [0, 0.05) is 24.0 Å². The van der Waals surface area contributed by atoms with Crippen molar-refractivity contribution in [3.63, 3.8) is 0 Å². The van der Waals surface area contributed by atoms with Crippen LogP contribution in [0.3, 0.4) is 0 Å². The summed E-state index contributed by atoms with van der Waals surface area (Å²) in [7, 11) is 0. The van der Waals surface area contributed by atoms with Gasteiger partial charge in [-0.3, -0.25) is 25.4 Å². The van der Waals surface area contributed by atoms with Crippen molar-refractivity contribution in [2.24, 2.45) is 5.92 Å². The van der Waals surface area contributed by atoms with Crippen LogP contribution in [0.5, 0.6) is 5.75 Å². The molecule has 13 nitrogen and oxygen atoms in total. The number of benzene rings is 1. The lowest BCUT2D eigenvalue weighted by Gasteiger charge is -2.41. The van der Waals surface area contributed by atoms with Gasteiger partial charge in [0.25, 0.3) is 0 Å². The summed E-state index contributed by atoms with van der Waals surface area (Å²) in [6, 6.07) is 11.1. The normalized spacial score (nSPS) is 21.0. The van der Waals surface area contributed by atoms with Crippen LogP contribution in [0.1, 0.15) is 83.1 Å². The van der Waals surface area contributed by atoms with Crippen molar-refractivity contribution in [2.45, 2.75) is 90.6 Å². The molecule has 3 aromatic rings. The molecule has 1 aromatic carbocycles. The monoisotopic (exact) mass is 656 g/mol. The number of carbonyl (C=O) groups is 1. The number of aliphatic hydroxyl groups excluding tert-OH is 1. The average Bonchev–Trinajstić information content (AvgIpc) is 3.49. The number of hydrogen-bond donors (Lipinski definition) is 7. The van der Waals surface area contributed by atoms with E-state index in [0.717, 1.165) is 30.4 Å². The fraction of sp³-hybridized carbons (Fsp3) is 0.457. The number of aromatic nitrogens is 3. The fourth-order valence-corrected chi connectivity index (χ4v) is 6.43. The second-order valence-electron chi connectivity index (χ2n) is 13.0. The number of carbonyl (C=O) groups excluding carboxylic acids is 1. The first-order valence-corrected chi connectivity index (χ1v) is 16.7. The first-order valence-electron chi connectivity index (χ1n) is 16.7. The van der Waals surface area contributed by atoms with Crippen molar-refractivity contribution in [3.05, 3.63) is 83.5 Å². The van der Waals surface area contributed by atoms with E-state index in [4.69, 9.17) is 21.0 Å². The topological polar surface area (TPSA) is 180 Å². The molecule has 48 heavy (non-hydrogen) atoms. The minimum atomic E-state index is -0.418. The highest BCUT2D eigenvalue weighted by molar-refractivity contribution is 5.95. The van der Waals surface area contributed by atoms with Gasteiger partial charge in [0.15, 0.2) is 0 Å². The maximum atomic E-state index is 13.4. The molecule has 1 saturated heterocycles. The highest BCUT2D eigenvalue weighted by Crippen LogP contribution is 2.38. The molecular weight excluding hydrogens is 608 g/mol. The predicted molar refractivity (Wildman–Crippen MR) is 185 cm³/mol. The first-order chi connectivity index (χ1) is 23.0. The molecule has 2 aliphatic rings. The summed E-state index contributed by atoms with van der Waals surface area (Å²) in [5, 5.41) is 48.4. The zero-order chi connectivity index (χ0) is 34.4. The van der Waals surface area contributed by atoms with E-state index >= 15 is 0 Å². The van der Waals surface area contributed by atoms with Crippen molar-refractivity contribution in [3.8, 4) is 5.75 Å². The van der Waals surface area contributed by atoms with Crippen molar-refractivity contribution in [1.82, 2.24) is 29.9 Å². The molecule has 3 heterocycles. The van der Waals surface area contributed by atoms with Crippen LogP contribution in [0.25, 0.3) is 0 Å². The van der Waals surface area contributed by atoms with Gasteiger partial charge in [0.1, 0.15) is 23.2 Å². The van der Waals surface area contributed by atoms with Gasteiger partial charge in [-0.05, 0) is 81.2 Å². The minimum Gasteiger partial charge on any atom is -0.484 e. The van der Waals surface area contributed by atoms with Crippen LogP contribution in [0.15, 0.2) is 66.9 Å². The molecule has 4 unspecified atom stereocenters. The Labute approximate surface area is 281 Å². The fourth-order valence-electron chi connectivity index (χ4n) is 6.43. The number of nitrogens with zero attached hydrogens (tertiary/aromatic N) is 4. The molecule has 0 radical (unpaired) electrons. The second-order valence-corrected chi connectivity index (χ2v) is 13.0. The molecule has 256 valence electrons. The Kier molecular flexibility index (Phi) is 11.0. The zero-order valence-electron chi connectivity index (χ0n) is 28.2. The van der Waals surface area contributed by atoms with E-state index in [2.05, 4.69) is 39.8 Å². The molecule has 1 aliphatic heterocycles. The number of rotatable bonds is 10. The molecule has 2 amide bonds. The zero-order valence-corrected chi connectivity index (χ0v) is 28.2. The Hall–Kier alpha value is -4.91. The minimum absolute atomic E-state index is 0.0415. The van der Waals surface area contributed by atoms with Gasteiger partial charge in [0.2, 0.25) is 5.96 Å². The number of allylic oxidation sites excluding steroid dienone is 1. The van der Waals surface area contributed by atoms with Gasteiger partial charge in [-0.25, -0.2) is 4.79 Å². The summed E-state index contributed by atoms with van der Waals surface area (Å²) in [5.41, 5.74) is 3.11. The van der Waals surface area contributed by atoms with E-state index in [0.29, 0.717) is 42.4 Å². The lowest BCUT2D eigenvalue weighted by Crippen LogP contribution is -2.51. The van der Waals surface area contributed by atoms with Crippen LogP contribution in [0.2, 0.25) is 0 Å². The van der Waals surface area contributed by atoms with E-state index in [1.807, 2.05) is 38.1 Å². The van der Waals surface area contributed by atoms with Crippen molar-refractivity contribution in [1.29, 1.82) is 16.2 Å². The van der Waals surface area contributed by atoms with Gasteiger partial charge in [0.05, 0.1) is 37.3 Å². The van der Waals surface area contributed by atoms with E-state index in [9.17, 15) is 9.90 Å². The molecule has 5 rings (SSSR count). The van der Waals surface area contributed by atoms with Gasteiger partial charge in [-0.1, -0.05) is 38.1 Å². The standard InChI is InChI=1S/C35H48N10O3/c1-22(2)29(36)18-33(40-25-19-39-43(20-25)16-17-46)42-35(47)41-30-13-14-31(28-11-6-5-10-27(28)30)48-26-12-15-32(37)44(21-26)34(38)45-23(3)8-7-9-24(45)4/h5-6,10-12,15,18-24,30-31,36-38,40,46H,7-9,13-14,16-17H2,1-4H3,(H2,41,42,47)/b33-18+,36-29?,37-32?,38-34?. The number of likely N-dealkylation sites (tertiary alicyclic amines) is 1. The maximum absolute atomic E-state index is 13.4. The predicted octanol–water partition coefficient (Wildman–Crippen LogP) is 5.09. The van der Waals surface area contributed by atoms with E-state index in [-0.39, 0.29) is 48.2 Å². The number of fused-ring (bicyclic) bond motifs is 1. The summed E-state index contributed by atoms with van der Waals surface area (Å²) in [4.78, 5) is 15.5. The van der Waals surface area contributed by atoms with Gasteiger partial charge >= 0.3 is 6.03 Å². The van der Waals surface area contributed by atoms with Crippen LogP contribution in [-0.4, -0.2) is 60.7 Å². The molecular formula is C35H48N10O3. The summed E-state index contributed by atoms with van der Waals surface area (Å²) in [5.74, 6) is 1.16. The summed E-state index contributed by atoms with van der Waals surface area (Å²) in [6.07, 6.45) is 10.8. The number of ether oxygens (including phenoxy) is 1. The quantitative estimate of drug-likeness (QED) is 0.118. The average molecular weight is 657 g/mol. The summed E-state index contributed by atoms with van der Waals surface area (Å²) < 4.78 is 9.70. The van der Waals surface area contributed by atoms with E-state index < -0.39 is 6.03 Å². The molecule has 13 heteroatoms. The first kappa shape index (κ1) is 34.4. The second kappa shape index (κ2) is 15.3. The number of urea groups is 1. The largest absolute Gasteiger partial charge is 0.484 e. The van der Waals surface area contributed by atoms with Crippen LogP contribution in [-0.2, 0) is 6.54 Å². The van der Waals surface area contributed by atoms with Crippen molar-refractivity contribution >= 4 is 23.4 Å². The van der Waals surface area contributed by atoms with Crippen LogP contribution >= 0.6 is 0 Å². The SMILES string of the molecule is CC(C)C(=N)/C=C(/NC(=O)NC1CCC(Oc2ccc(=N)n(C(=N)N3C(C)CCCC3C)c2)c2ccccc21)Nc1cnn(CCO)c1. The van der Waals surface area contributed by atoms with Crippen molar-refractivity contribution < 1.29 is 14.6 Å². The third-order valence-corrected chi connectivity index (χ3v) is 9.02. The Bertz CT molecular complexity index is 1700. The van der Waals surface area contributed by atoms with Crippen LogP contribution < -0.4 is 26.2 Å². The Morgan fingerprint density at radius 1 is 1.06 bits per heavy atom. The molecule has 0 bridgehead atoms. The summed E-state index contributed by atoms with van der Waals surface area (Å²) >= 11 is 0. The third kappa shape index (κ3) is 8.14. The molecule has 4 atom stereocenters. The van der Waals surface area contributed by atoms with Gasteiger partial charge in [-0.15, -0.1) is 0 Å². The van der Waals surface area contributed by atoms with Crippen LogP contribution in [0, 0.1) is 22.1 Å². The number of aliphatic hydroxyl groups is 1. The highest BCUT2D eigenvalue weighted by atomic mass is 16.5. The molecule has 2 aromatic heterocycles. The third-order valence-electron chi connectivity index (χ3n) is 9.02. The number of amides is 2. The number of piperidine rings is 1. The van der Waals surface area contributed by atoms with E-state index in [1.165, 1.54) is 0 Å². The molecule has 1 aliphatic carbocycles. The Morgan fingerprint density at radius 3 is 2.50 bits per heavy atom. The molecule has 7 N–H and O–H groups in total. The van der Waals surface area contributed by atoms with E-state index in [1.54, 1.807) is 46.0 Å². The Morgan fingerprint density at radius 2 is 1.79 bits per heavy atom. The smallest absolute Gasteiger partial charge is 0.320 e. The van der Waals surface area contributed by atoms with Gasteiger partial charge < -0.3 is 30.8 Å². The van der Waals surface area contributed by atoms with Gasteiger partial charge in [-0.2, -0.15) is 5.10 Å². The van der Waals surface area contributed by atoms with Crippen molar-refractivity contribution in [2.75, 3.05) is 11.9 Å². The summed E-state index contributed by atoms with van der Waals surface area (Å²) in [6.45, 7) is 8.40. The molecule has 1 fully saturated rings.